The number of carbonyl (C=O) groups excluding carboxylic acids is 1. The molecule has 4 rings (SSSR count). The van der Waals surface area contributed by atoms with Crippen LogP contribution in [0.15, 0.2) is 77.5 Å². The lowest BCUT2D eigenvalue weighted by Gasteiger charge is -2.10. The monoisotopic (exact) mass is 448 g/mol. The first-order valence-corrected chi connectivity index (χ1v) is 9.66. The third-order valence-electron chi connectivity index (χ3n) is 4.09. The smallest absolute Gasteiger partial charge is 0.255 e. The van der Waals surface area contributed by atoms with Crippen molar-refractivity contribution in [2.45, 2.75) is 6.92 Å². The lowest BCUT2D eigenvalue weighted by molar-refractivity contribution is 0.102. The maximum atomic E-state index is 12.3. The summed E-state index contributed by atoms with van der Waals surface area (Å²) in [5.41, 5.74) is 2.15. The molecule has 0 saturated carbocycles. The highest BCUT2D eigenvalue weighted by atomic mass is 79.9. The van der Waals surface area contributed by atoms with Gasteiger partial charge in [0.2, 0.25) is 0 Å². The first-order valence-electron chi connectivity index (χ1n) is 8.86. The van der Waals surface area contributed by atoms with E-state index >= 15 is 0 Å². The highest BCUT2D eigenvalue weighted by Gasteiger charge is 2.07. The Bertz CT molecular complexity index is 1130. The van der Waals surface area contributed by atoms with Crippen LogP contribution < -0.4 is 10.6 Å². The van der Waals surface area contributed by atoms with Crippen molar-refractivity contribution in [2.24, 2.45) is 0 Å². The van der Waals surface area contributed by atoms with Crippen molar-refractivity contribution >= 4 is 39.0 Å². The summed E-state index contributed by atoms with van der Waals surface area (Å²) in [5, 5.41) is 10.3. The highest BCUT2D eigenvalue weighted by Crippen LogP contribution is 2.20. The van der Waals surface area contributed by atoms with Crippen molar-refractivity contribution in [2.75, 3.05) is 10.6 Å². The van der Waals surface area contributed by atoms with E-state index in [1.54, 1.807) is 23.0 Å². The zero-order chi connectivity index (χ0) is 20.2. The molecule has 0 spiro atoms. The van der Waals surface area contributed by atoms with E-state index in [4.69, 9.17) is 0 Å². The van der Waals surface area contributed by atoms with Crippen LogP contribution in [0.2, 0.25) is 0 Å². The van der Waals surface area contributed by atoms with Gasteiger partial charge in [-0.3, -0.25) is 4.79 Å². The summed E-state index contributed by atoms with van der Waals surface area (Å²) in [7, 11) is 0. The molecule has 0 saturated heterocycles. The minimum atomic E-state index is -0.159. The van der Waals surface area contributed by atoms with Gasteiger partial charge in [-0.05, 0) is 61.5 Å². The van der Waals surface area contributed by atoms with Crippen LogP contribution in [-0.2, 0) is 0 Å². The third-order valence-corrected chi connectivity index (χ3v) is 4.61. The van der Waals surface area contributed by atoms with Gasteiger partial charge in [-0.25, -0.2) is 14.6 Å². The van der Waals surface area contributed by atoms with Crippen LogP contribution >= 0.6 is 15.9 Å². The minimum absolute atomic E-state index is 0.159. The Morgan fingerprint density at radius 1 is 1.00 bits per heavy atom. The van der Waals surface area contributed by atoms with Crippen LogP contribution in [0.4, 0.5) is 17.2 Å². The number of nitrogens with one attached hydrogen (secondary N) is 2. The summed E-state index contributed by atoms with van der Waals surface area (Å²) in [6.45, 7) is 1.83. The number of hydrogen-bond acceptors (Lipinski definition) is 5. The molecule has 1 amide bonds. The molecule has 7 nitrogen and oxygen atoms in total. The van der Waals surface area contributed by atoms with Crippen LogP contribution in [0.25, 0.3) is 5.82 Å². The molecule has 0 aliphatic rings. The number of benzene rings is 2. The van der Waals surface area contributed by atoms with Gasteiger partial charge in [0.05, 0.1) is 0 Å². The fourth-order valence-corrected chi connectivity index (χ4v) is 2.99. The fraction of sp³-hybridized carbons (Fsp3) is 0.0476. The molecule has 0 radical (unpaired) electrons. The molecule has 0 atom stereocenters. The Kier molecular flexibility index (Phi) is 5.35. The van der Waals surface area contributed by atoms with Crippen molar-refractivity contribution in [3.05, 3.63) is 88.9 Å². The van der Waals surface area contributed by atoms with Crippen molar-refractivity contribution in [3.8, 4) is 5.82 Å². The predicted molar refractivity (Wildman–Crippen MR) is 116 cm³/mol. The van der Waals surface area contributed by atoms with E-state index in [1.165, 1.54) is 0 Å². The zero-order valence-electron chi connectivity index (χ0n) is 15.5. The molecule has 0 aliphatic heterocycles. The van der Waals surface area contributed by atoms with E-state index in [1.807, 2.05) is 61.7 Å². The number of nitrogens with zero attached hydrogens (tertiary/aromatic N) is 4. The number of rotatable bonds is 5. The largest absolute Gasteiger partial charge is 0.340 e. The molecule has 0 unspecified atom stereocenters. The first kappa shape index (κ1) is 18.8. The number of carbonyl (C=O) groups is 1. The number of aryl methyl sites for hydroxylation is 1. The molecule has 2 heterocycles. The van der Waals surface area contributed by atoms with Crippen molar-refractivity contribution in [3.63, 3.8) is 0 Å². The van der Waals surface area contributed by atoms with Gasteiger partial charge in [0, 0.05) is 39.9 Å². The normalized spacial score (nSPS) is 10.6. The number of amides is 1. The molecule has 2 N–H and O–H groups in total. The topological polar surface area (TPSA) is 84.7 Å². The summed E-state index contributed by atoms with van der Waals surface area (Å²) in [6.07, 6.45) is 3.53. The average molecular weight is 449 g/mol. The lowest BCUT2D eigenvalue weighted by atomic mass is 10.2. The molecular formula is C21H17BrN6O. The summed E-state index contributed by atoms with van der Waals surface area (Å²) in [4.78, 5) is 21.1. The van der Waals surface area contributed by atoms with Crippen molar-refractivity contribution in [1.29, 1.82) is 0 Å². The van der Waals surface area contributed by atoms with Gasteiger partial charge >= 0.3 is 0 Å². The van der Waals surface area contributed by atoms with Crippen molar-refractivity contribution < 1.29 is 4.79 Å². The third kappa shape index (κ3) is 4.67. The number of anilines is 3. The van der Waals surface area contributed by atoms with E-state index in [-0.39, 0.29) is 5.91 Å². The van der Waals surface area contributed by atoms with Gasteiger partial charge in [-0.1, -0.05) is 15.9 Å². The van der Waals surface area contributed by atoms with Crippen LogP contribution in [-0.4, -0.2) is 25.7 Å². The summed E-state index contributed by atoms with van der Waals surface area (Å²) >= 11 is 3.36. The molecule has 8 heteroatoms. The van der Waals surface area contributed by atoms with Gasteiger partial charge in [-0.15, -0.1) is 0 Å². The summed E-state index contributed by atoms with van der Waals surface area (Å²) in [5.74, 6) is 1.82. The molecule has 0 fully saturated rings. The Hall–Kier alpha value is -3.52. The van der Waals surface area contributed by atoms with E-state index in [9.17, 15) is 4.79 Å². The minimum Gasteiger partial charge on any atom is -0.340 e. The zero-order valence-corrected chi connectivity index (χ0v) is 17.1. The first-order chi connectivity index (χ1) is 14.1. The second-order valence-corrected chi connectivity index (χ2v) is 7.19. The molecule has 0 bridgehead atoms. The van der Waals surface area contributed by atoms with Gasteiger partial charge in [0.25, 0.3) is 5.91 Å². The maximum absolute atomic E-state index is 12.3. The van der Waals surface area contributed by atoms with E-state index in [0.29, 0.717) is 28.7 Å². The quantitative estimate of drug-likeness (QED) is 0.460. The van der Waals surface area contributed by atoms with Crippen LogP contribution in [0.3, 0.4) is 0 Å². The molecule has 0 aliphatic carbocycles. The van der Waals surface area contributed by atoms with Crippen LogP contribution in [0.1, 0.15) is 16.2 Å². The Morgan fingerprint density at radius 2 is 1.72 bits per heavy atom. The average Bonchev–Trinajstić information content (AvgIpc) is 3.24. The number of halogens is 1. The fourth-order valence-electron chi connectivity index (χ4n) is 2.73. The van der Waals surface area contributed by atoms with Gasteiger partial charge in [-0.2, -0.15) is 5.10 Å². The van der Waals surface area contributed by atoms with Gasteiger partial charge < -0.3 is 10.6 Å². The molecular weight excluding hydrogens is 432 g/mol. The molecule has 144 valence electrons. The van der Waals surface area contributed by atoms with Gasteiger partial charge in [0.15, 0.2) is 5.82 Å². The molecule has 29 heavy (non-hydrogen) atoms. The Labute approximate surface area is 176 Å². The Morgan fingerprint density at radius 3 is 2.41 bits per heavy atom. The number of aromatic nitrogens is 4. The highest BCUT2D eigenvalue weighted by molar-refractivity contribution is 9.10. The molecule has 4 aromatic rings. The van der Waals surface area contributed by atoms with E-state index in [0.717, 1.165) is 10.2 Å². The number of hydrogen-bond donors (Lipinski definition) is 2. The second-order valence-electron chi connectivity index (χ2n) is 6.27. The lowest BCUT2D eigenvalue weighted by Crippen LogP contribution is -2.11. The Balaban J connectivity index is 1.46. The molecule has 2 aromatic carbocycles. The van der Waals surface area contributed by atoms with Crippen LogP contribution in [0.5, 0.6) is 0 Å². The van der Waals surface area contributed by atoms with Crippen molar-refractivity contribution in [1.82, 2.24) is 19.7 Å². The summed E-state index contributed by atoms with van der Waals surface area (Å²) in [6, 6.07) is 18.3. The standard InChI is InChI=1S/C21H17BrN6O/c1-14-24-19(13-20(25-14)28-12-2-11-23-28)26-17-7-9-18(10-8-17)27-21(29)15-3-5-16(22)6-4-15/h2-13H,1H3,(H,27,29)(H,24,25,26). The van der Waals surface area contributed by atoms with Gasteiger partial charge in [0.1, 0.15) is 11.6 Å². The van der Waals surface area contributed by atoms with Crippen LogP contribution in [0, 0.1) is 6.92 Å². The molecule has 2 aromatic heterocycles. The van der Waals surface area contributed by atoms with E-state index in [2.05, 4.69) is 41.6 Å². The second kappa shape index (κ2) is 8.24. The predicted octanol–water partition coefficient (Wildman–Crippen LogP) is 4.73. The van der Waals surface area contributed by atoms with E-state index < -0.39 is 0 Å². The SMILES string of the molecule is Cc1nc(Nc2ccc(NC(=O)c3ccc(Br)cc3)cc2)cc(-n2cccn2)n1. The maximum Gasteiger partial charge on any atom is 0.255 e. The summed E-state index contributed by atoms with van der Waals surface area (Å²) < 4.78 is 2.61.